The van der Waals surface area contributed by atoms with Gasteiger partial charge in [-0.1, -0.05) is 6.07 Å². The van der Waals surface area contributed by atoms with Gasteiger partial charge in [-0.2, -0.15) is 0 Å². The molecular formula is C14H9BrF2O2. The van der Waals surface area contributed by atoms with Crippen molar-refractivity contribution >= 4 is 21.7 Å². The Hall–Kier alpha value is -1.75. The van der Waals surface area contributed by atoms with E-state index in [0.717, 1.165) is 6.07 Å². The second-order valence-electron chi connectivity index (χ2n) is 3.78. The molecule has 0 fully saturated rings. The number of carbonyl (C=O) groups is 1. The number of ether oxygens (including phenoxy) is 1. The van der Waals surface area contributed by atoms with Crippen LogP contribution in [0.1, 0.15) is 15.9 Å². The van der Waals surface area contributed by atoms with Gasteiger partial charge in [-0.05, 0) is 46.3 Å². The minimum absolute atomic E-state index is 0.241. The summed E-state index contributed by atoms with van der Waals surface area (Å²) in [5.41, 5.74) is -0.0591. The first-order chi connectivity index (χ1) is 9.04. The summed E-state index contributed by atoms with van der Waals surface area (Å²) in [5, 5.41) is 0. The molecule has 0 radical (unpaired) electrons. The summed E-state index contributed by atoms with van der Waals surface area (Å²) in [6.45, 7) is 0. The van der Waals surface area contributed by atoms with E-state index in [1.165, 1.54) is 25.3 Å². The Morgan fingerprint density at radius 3 is 2.53 bits per heavy atom. The van der Waals surface area contributed by atoms with E-state index in [1.54, 1.807) is 12.1 Å². The third-order valence-corrected chi connectivity index (χ3v) is 3.27. The van der Waals surface area contributed by atoms with Gasteiger partial charge in [0.2, 0.25) is 0 Å². The zero-order chi connectivity index (χ0) is 14.0. The first kappa shape index (κ1) is 13.7. The highest BCUT2D eigenvalue weighted by Gasteiger charge is 2.19. The van der Waals surface area contributed by atoms with E-state index >= 15 is 0 Å². The molecule has 2 aromatic carbocycles. The van der Waals surface area contributed by atoms with Crippen LogP contribution in [0.5, 0.6) is 5.75 Å². The van der Waals surface area contributed by atoms with Gasteiger partial charge in [0, 0.05) is 10.0 Å². The monoisotopic (exact) mass is 326 g/mol. The fraction of sp³-hybridized carbons (Fsp3) is 0.0714. The molecule has 0 saturated heterocycles. The number of benzene rings is 2. The third-order valence-electron chi connectivity index (χ3n) is 2.62. The molecule has 0 N–H and O–H groups in total. The fourth-order valence-electron chi connectivity index (χ4n) is 1.63. The molecule has 2 aromatic rings. The van der Waals surface area contributed by atoms with Crippen LogP contribution < -0.4 is 4.74 Å². The van der Waals surface area contributed by atoms with Crippen molar-refractivity contribution in [3.8, 4) is 5.75 Å². The lowest BCUT2D eigenvalue weighted by Gasteiger charge is -2.07. The predicted octanol–water partition coefficient (Wildman–Crippen LogP) is 3.97. The summed E-state index contributed by atoms with van der Waals surface area (Å²) < 4.78 is 32.2. The van der Waals surface area contributed by atoms with E-state index in [2.05, 4.69) is 15.9 Å². The van der Waals surface area contributed by atoms with Crippen LogP contribution in [0.4, 0.5) is 8.78 Å². The Kier molecular flexibility index (Phi) is 3.95. The number of carbonyl (C=O) groups excluding carboxylic acids is 1. The van der Waals surface area contributed by atoms with E-state index < -0.39 is 17.4 Å². The number of halogens is 3. The van der Waals surface area contributed by atoms with E-state index in [-0.39, 0.29) is 11.1 Å². The van der Waals surface area contributed by atoms with Crippen LogP contribution in [0.3, 0.4) is 0 Å². The lowest BCUT2D eigenvalue weighted by molar-refractivity contribution is 0.103. The first-order valence-electron chi connectivity index (χ1n) is 5.37. The van der Waals surface area contributed by atoms with Crippen LogP contribution in [-0.4, -0.2) is 12.9 Å². The Labute approximate surface area is 117 Å². The Morgan fingerprint density at radius 1 is 1.16 bits per heavy atom. The van der Waals surface area contributed by atoms with Crippen molar-refractivity contribution < 1.29 is 18.3 Å². The summed E-state index contributed by atoms with van der Waals surface area (Å²) >= 11 is 3.21. The maximum Gasteiger partial charge on any atom is 0.197 e. The van der Waals surface area contributed by atoms with Gasteiger partial charge in [-0.3, -0.25) is 4.79 Å². The maximum absolute atomic E-state index is 13.6. The SMILES string of the molecule is COc1ccc(C(=O)c2cccc(F)c2F)c(Br)c1. The van der Waals surface area contributed by atoms with Crippen molar-refractivity contribution in [3.05, 3.63) is 63.6 Å². The van der Waals surface area contributed by atoms with E-state index in [1.807, 2.05) is 0 Å². The minimum Gasteiger partial charge on any atom is -0.497 e. The minimum atomic E-state index is -1.14. The number of rotatable bonds is 3. The highest BCUT2D eigenvalue weighted by atomic mass is 79.9. The van der Waals surface area contributed by atoms with Crippen LogP contribution >= 0.6 is 15.9 Å². The molecule has 2 nitrogen and oxygen atoms in total. The predicted molar refractivity (Wildman–Crippen MR) is 70.5 cm³/mol. The Morgan fingerprint density at radius 2 is 1.89 bits per heavy atom. The van der Waals surface area contributed by atoms with Crippen molar-refractivity contribution in [1.82, 2.24) is 0 Å². The molecule has 0 saturated carbocycles. The summed E-state index contributed by atoms with van der Waals surface area (Å²) in [6.07, 6.45) is 0. The largest absolute Gasteiger partial charge is 0.497 e. The topological polar surface area (TPSA) is 26.3 Å². The molecule has 0 aliphatic rings. The van der Waals surface area contributed by atoms with Gasteiger partial charge < -0.3 is 4.74 Å². The smallest absolute Gasteiger partial charge is 0.197 e. The molecule has 0 unspecified atom stereocenters. The number of ketones is 1. The maximum atomic E-state index is 13.6. The summed E-state index contributed by atoms with van der Waals surface area (Å²) in [7, 11) is 1.50. The second-order valence-corrected chi connectivity index (χ2v) is 4.63. The molecule has 0 aliphatic heterocycles. The molecule has 0 atom stereocenters. The third kappa shape index (κ3) is 2.66. The van der Waals surface area contributed by atoms with E-state index in [4.69, 9.17) is 4.74 Å². The lowest BCUT2D eigenvalue weighted by Crippen LogP contribution is -2.06. The zero-order valence-corrected chi connectivity index (χ0v) is 11.5. The quantitative estimate of drug-likeness (QED) is 0.798. The lowest BCUT2D eigenvalue weighted by atomic mass is 10.0. The van der Waals surface area contributed by atoms with E-state index in [0.29, 0.717) is 10.2 Å². The van der Waals surface area contributed by atoms with Crippen molar-refractivity contribution in [2.75, 3.05) is 7.11 Å². The summed E-state index contributed by atoms with van der Waals surface area (Å²) in [4.78, 5) is 12.2. The van der Waals surface area contributed by atoms with Crippen LogP contribution in [0.2, 0.25) is 0 Å². The Balaban J connectivity index is 2.47. The second kappa shape index (κ2) is 5.48. The van der Waals surface area contributed by atoms with Crippen LogP contribution in [0, 0.1) is 11.6 Å². The molecule has 0 amide bonds. The molecule has 0 aromatic heterocycles. The van der Waals surface area contributed by atoms with Crippen LogP contribution in [-0.2, 0) is 0 Å². The molecule has 0 bridgehead atoms. The molecule has 2 rings (SSSR count). The standard InChI is InChI=1S/C14H9BrF2O2/c1-19-8-5-6-9(11(15)7-8)14(18)10-3-2-4-12(16)13(10)17/h2-7H,1H3. The van der Waals surface area contributed by atoms with Gasteiger partial charge in [-0.15, -0.1) is 0 Å². The van der Waals surface area contributed by atoms with Gasteiger partial charge in [0.05, 0.1) is 12.7 Å². The summed E-state index contributed by atoms with van der Waals surface area (Å²) in [5.74, 6) is -2.22. The zero-order valence-electron chi connectivity index (χ0n) is 9.91. The van der Waals surface area contributed by atoms with Gasteiger partial charge in [0.25, 0.3) is 0 Å². The van der Waals surface area contributed by atoms with Gasteiger partial charge in [-0.25, -0.2) is 8.78 Å². The highest BCUT2D eigenvalue weighted by Crippen LogP contribution is 2.26. The van der Waals surface area contributed by atoms with Gasteiger partial charge in [0.1, 0.15) is 5.75 Å². The molecular weight excluding hydrogens is 318 g/mol. The Bertz CT molecular complexity index is 641. The van der Waals surface area contributed by atoms with Crippen molar-refractivity contribution in [2.24, 2.45) is 0 Å². The molecule has 0 spiro atoms. The molecule has 5 heteroatoms. The molecule has 19 heavy (non-hydrogen) atoms. The molecule has 0 heterocycles. The number of methoxy groups -OCH3 is 1. The highest BCUT2D eigenvalue weighted by molar-refractivity contribution is 9.10. The molecule has 98 valence electrons. The van der Waals surface area contributed by atoms with Crippen LogP contribution in [0.25, 0.3) is 0 Å². The average molecular weight is 327 g/mol. The number of hydrogen-bond donors (Lipinski definition) is 0. The van der Waals surface area contributed by atoms with Crippen molar-refractivity contribution in [2.45, 2.75) is 0 Å². The van der Waals surface area contributed by atoms with Crippen molar-refractivity contribution in [3.63, 3.8) is 0 Å². The van der Waals surface area contributed by atoms with Gasteiger partial charge >= 0.3 is 0 Å². The van der Waals surface area contributed by atoms with E-state index in [9.17, 15) is 13.6 Å². The van der Waals surface area contributed by atoms with Gasteiger partial charge in [0.15, 0.2) is 17.4 Å². The fourth-order valence-corrected chi connectivity index (χ4v) is 2.17. The van der Waals surface area contributed by atoms with Crippen LogP contribution in [0.15, 0.2) is 40.9 Å². The average Bonchev–Trinajstić information content (AvgIpc) is 2.41. The molecule has 0 aliphatic carbocycles. The number of hydrogen-bond acceptors (Lipinski definition) is 2. The van der Waals surface area contributed by atoms with Crippen molar-refractivity contribution in [1.29, 1.82) is 0 Å². The first-order valence-corrected chi connectivity index (χ1v) is 6.16. The summed E-state index contributed by atoms with van der Waals surface area (Å²) in [6, 6.07) is 8.17. The normalized spacial score (nSPS) is 10.3.